The Hall–Kier alpha value is -1.80. The zero-order valence-electron chi connectivity index (χ0n) is 12.3. The highest BCUT2D eigenvalue weighted by Crippen LogP contribution is 2.21. The van der Waals surface area contributed by atoms with Crippen molar-refractivity contribution in [3.8, 4) is 0 Å². The molecule has 2 unspecified atom stereocenters. The fourth-order valence-electron chi connectivity index (χ4n) is 1.67. The van der Waals surface area contributed by atoms with Crippen molar-refractivity contribution in [2.45, 2.75) is 23.4 Å². The summed E-state index contributed by atoms with van der Waals surface area (Å²) in [5.74, 6) is -2.40. The molecule has 0 aromatic heterocycles. The summed E-state index contributed by atoms with van der Waals surface area (Å²) in [6.07, 6.45) is -8.58. The average Bonchev–Trinajstić information content (AvgIpc) is 2.48. The predicted molar refractivity (Wildman–Crippen MR) is 74.2 cm³/mol. The van der Waals surface area contributed by atoms with Crippen LogP contribution in [0, 0.1) is 5.82 Å². The van der Waals surface area contributed by atoms with Gasteiger partial charge in [0.2, 0.25) is 10.0 Å². The first-order chi connectivity index (χ1) is 11.4. The summed E-state index contributed by atoms with van der Waals surface area (Å²) in [6, 6.07) is 1.42. The number of hydrogen-bond donors (Lipinski definition) is 5. The van der Waals surface area contributed by atoms with E-state index in [1.807, 2.05) is 5.32 Å². The van der Waals surface area contributed by atoms with Crippen LogP contribution >= 0.6 is 0 Å². The minimum Gasteiger partial charge on any atom is -0.394 e. The highest BCUT2D eigenvalue weighted by molar-refractivity contribution is 7.89. The number of aliphatic hydroxyl groups is 3. The molecule has 0 spiro atoms. The van der Waals surface area contributed by atoms with Crippen LogP contribution in [0.5, 0.6) is 0 Å². The van der Waals surface area contributed by atoms with E-state index in [4.69, 9.17) is 10.2 Å². The largest absolute Gasteiger partial charge is 0.470 e. The van der Waals surface area contributed by atoms with Crippen molar-refractivity contribution in [1.29, 1.82) is 0 Å². The van der Waals surface area contributed by atoms with E-state index in [1.165, 1.54) is 0 Å². The monoisotopic (exact) mass is 390 g/mol. The Labute approximate surface area is 139 Å². The number of carbonyl (C=O) groups is 1. The SMILES string of the molecule is O=C(NCC(O)C(O)CO)c1cc(F)ccc1S(=O)(=O)NC(F)(F)F. The van der Waals surface area contributed by atoms with Crippen LogP contribution in [0.3, 0.4) is 0 Å². The van der Waals surface area contributed by atoms with Gasteiger partial charge in [-0.15, -0.1) is 4.72 Å². The maximum Gasteiger partial charge on any atom is 0.470 e. The first-order valence-corrected chi connectivity index (χ1v) is 8.01. The highest BCUT2D eigenvalue weighted by atomic mass is 32.2. The summed E-state index contributed by atoms with van der Waals surface area (Å²) in [5.41, 5.74) is -0.942. The number of nitrogens with one attached hydrogen (secondary N) is 2. The van der Waals surface area contributed by atoms with Gasteiger partial charge in [-0.3, -0.25) is 4.79 Å². The Morgan fingerprint density at radius 1 is 1.20 bits per heavy atom. The van der Waals surface area contributed by atoms with Crippen molar-refractivity contribution in [2.24, 2.45) is 0 Å². The van der Waals surface area contributed by atoms with E-state index in [0.29, 0.717) is 22.9 Å². The highest BCUT2D eigenvalue weighted by Gasteiger charge is 2.36. The molecule has 1 rings (SSSR count). The molecule has 1 aromatic carbocycles. The molecule has 0 aliphatic heterocycles. The fraction of sp³-hybridized carbons (Fsp3) is 0.417. The first kappa shape index (κ1) is 21.2. The van der Waals surface area contributed by atoms with Crippen LogP contribution in [-0.4, -0.2) is 61.3 Å². The Balaban J connectivity index is 3.11. The summed E-state index contributed by atoms with van der Waals surface area (Å²) in [5, 5.41) is 29.0. The topological polar surface area (TPSA) is 136 Å². The van der Waals surface area contributed by atoms with Gasteiger partial charge in [0.1, 0.15) is 11.9 Å². The quantitative estimate of drug-likeness (QED) is 0.301. The minimum atomic E-state index is -5.32. The van der Waals surface area contributed by atoms with Gasteiger partial charge in [0, 0.05) is 6.54 Å². The second kappa shape index (κ2) is 8.05. The van der Waals surface area contributed by atoms with Gasteiger partial charge >= 0.3 is 6.30 Å². The molecule has 0 heterocycles. The number of sulfonamides is 1. The third kappa shape index (κ3) is 6.21. The molecule has 0 saturated carbocycles. The van der Waals surface area contributed by atoms with E-state index in [2.05, 4.69) is 0 Å². The Kier molecular flexibility index (Phi) is 6.84. The van der Waals surface area contributed by atoms with E-state index >= 15 is 0 Å². The first-order valence-electron chi connectivity index (χ1n) is 6.53. The number of hydrogen-bond acceptors (Lipinski definition) is 6. The third-order valence-electron chi connectivity index (χ3n) is 2.83. The number of carbonyl (C=O) groups excluding carboxylic acids is 1. The van der Waals surface area contributed by atoms with Crippen molar-refractivity contribution in [3.05, 3.63) is 29.6 Å². The average molecular weight is 390 g/mol. The molecular formula is C12H14F4N2O6S. The summed E-state index contributed by atoms with van der Waals surface area (Å²) < 4.78 is 73.9. The van der Waals surface area contributed by atoms with E-state index < -0.39 is 63.9 Å². The van der Waals surface area contributed by atoms with Crippen LogP contribution in [0.25, 0.3) is 0 Å². The van der Waals surface area contributed by atoms with Crippen molar-refractivity contribution in [1.82, 2.24) is 10.0 Å². The van der Waals surface area contributed by atoms with Crippen molar-refractivity contribution in [3.63, 3.8) is 0 Å². The lowest BCUT2D eigenvalue weighted by Gasteiger charge is -2.17. The van der Waals surface area contributed by atoms with E-state index in [9.17, 15) is 35.9 Å². The summed E-state index contributed by atoms with van der Waals surface area (Å²) in [7, 11) is -5.22. The van der Waals surface area contributed by atoms with Crippen LogP contribution in [0.2, 0.25) is 0 Å². The van der Waals surface area contributed by atoms with Gasteiger partial charge in [-0.2, -0.15) is 13.2 Å². The van der Waals surface area contributed by atoms with Crippen LogP contribution in [0.1, 0.15) is 10.4 Å². The second-order valence-electron chi connectivity index (χ2n) is 4.77. The number of benzene rings is 1. The van der Waals surface area contributed by atoms with Gasteiger partial charge < -0.3 is 20.6 Å². The van der Waals surface area contributed by atoms with Crippen molar-refractivity contribution < 1.29 is 46.1 Å². The molecule has 2 atom stereocenters. The fourth-order valence-corrected chi connectivity index (χ4v) is 2.77. The number of amides is 1. The molecule has 5 N–H and O–H groups in total. The van der Waals surface area contributed by atoms with E-state index in [0.717, 1.165) is 0 Å². The van der Waals surface area contributed by atoms with E-state index in [-0.39, 0.29) is 0 Å². The molecule has 0 fully saturated rings. The van der Waals surface area contributed by atoms with Gasteiger partial charge in [-0.05, 0) is 18.2 Å². The Bertz CT molecular complexity index is 725. The number of rotatable bonds is 7. The molecular weight excluding hydrogens is 376 g/mol. The summed E-state index contributed by atoms with van der Waals surface area (Å²) >= 11 is 0. The standard InChI is InChI=1S/C12H14F4N2O6S/c13-6-1-2-10(25(23,24)18-12(14,15)16)7(3-6)11(22)17-4-8(20)9(21)5-19/h1-3,8-9,18-21H,4-5H2,(H,17,22). The van der Waals surface area contributed by atoms with Crippen LogP contribution in [0.15, 0.2) is 23.1 Å². The molecule has 0 aliphatic carbocycles. The molecule has 0 radical (unpaired) electrons. The zero-order valence-corrected chi connectivity index (χ0v) is 13.1. The Morgan fingerprint density at radius 2 is 1.80 bits per heavy atom. The van der Waals surface area contributed by atoms with Gasteiger partial charge in [0.25, 0.3) is 5.91 Å². The molecule has 1 aromatic rings. The molecule has 0 bridgehead atoms. The summed E-state index contributed by atoms with van der Waals surface area (Å²) in [4.78, 5) is 10.8. The summed E-state index contributed by atoms with van der Waals surface area (Å²) in [6.45, 7) is -1.52. The zero-order chi connectivity index (χ0) is 19.4. The molecule has 0 saturated heterocycles. The van der Waals surface area contributed by atoms with Crippen LogP contribution in [0.4, 0.5) is 17.6 Å². The second-order valence-corrected chi connectivity index (χ2v) is 6.42. The lowest BCUT2D eigenvalue weighted by Crippen LogP contribution is -2.41. The molecule has 13 heteroatoms. The van der Waals surface area contributed by atoms with E-state index in [1.54, 1.807) is 0 Å². The van der Waals surface area contributed by atoms with Crippen molar-refractivity contribution in [2.75, 3.05) is 13.2 Å². The molecule has 8 nitrogen and oxygen atoms in total. The number of aliphatic hydroxyl groups excluding tert-OH is 3. The smallest absolute Gasteiger partial charge is 0.394 e. The number of halogens is 4. The molecule has 142 valence electrons. The lowest BCUT2D eigenvalue weighted by atomic mass is 10.2. The number of alkyl halides is 3. The van der Waals surface area contributed by atoms with Gasteiger partial charge in [-0.25, -0.2) is 12.8 Å². The van der Waals surface area contributed by atoms with Gasteiger partial charge in [-0.1, -0.05) is 0 Å². The third-order valence-corrected chi connectivity index (χ3v) is 4.26. The van der Waals surface area contributed by atoms with Crippen LogP contribution < -0.4 is 10.0 Å². The molecule has 0 aliphatic rings. The van der Waals surface area contributed by atoms with Gasteiger partial charge in [0.15, 0.2) is 0 Å². The maximum atomic E-state index is 13.3. The van der Waals surface area contributed by atoms with Gasteiger partial charge in [0.05, 0.1) is 23.2 Å². The normalized spacial score (nSPS) is 14.8. The molecule has 1 amide bonds. The lowest BCUT2D eigenvalue weighted by molar-refractivity contribution is -0.138. The Morgan fingerprint density at radius 3 is 2.32 bits per heavy atom. The molecule has 25 heavy (non-hydrogen) atoms. The minimum absolute atomic E-state index is 0.366. The van der Waals surface area contributed by atoms with Crippen molar-refractivity contribution >= 4 is 15.9 Å². The predicted octanol–water partition coefficient (Wildman–Crippen LogP) is -0.932. The van der Waals surface area contributed by atoms with Crippen LogP contribution in [-0.2, 0) is 10.0 Å². The maximum absolute atomic E-state index is 13.3.